The lowest BCUT2D eigenvalue weighted by Gasteiger charge is -2.31. The topological polar surface area (TPSA) is 82.2 Å². The van der Waals surface area contributed by atoms with Gasteiger partial charge in [0.05, 0.1) is 17.7 Å². The van der Waals surface area contributed by atoms with Crippen molar-refractivity contribution in [1.29, 1.82) is 0 Å². The average molecular weight is 526 g/mol. The fraction of sp³-hybridized carbons (Fsp3) is 0.312. The molecular weight excluding hydrogens is 492 g/mol. The summed E-state index contributed by atoms with van der Waals surface area (Å²) in [6.45, 7) is 4.79. The van der Waals surface area contributed by atoms with E-state index in [1.165, 1.54) is 5.56 Å². The van der Waals surface area contributed by atoms with Crippen molar-refractivity contribution in [3.8, 4) is 11.1 Å². The average Bonchev–Trinajstić information content (AvgIpc) is 3.32. The zero-order chi connectivity index (χ0) is 26.8. The molecule has 7 nitrogen and oxygen atoms in total. The quantitative estimate of drug-likeness (QED) is 0.305. The van der Waals surface area contributed by atoms with Gasteiger partial charge in [-0.05, 0) is 60.7 Å². The number of benzene rings is 3. The molecule has 39 heavy (non-hydrogen) atoms. The van der Waals surface area contributed by atoms with Crippen LogP contribution in [0.3, 0.4) is 0 Å². The van der Waals surface area contributed by atoms with Crippen LogP contribution in [-0.4, -0.2) is 64.4 Å². The SMILES string of the molecule is O=C(O)c1ccccc1-c1ccc(CN2CCC(COC(O)=C3C4=[N+](CCCO4)c4ccccc43)CC2)cc1. The molecule has 0 saturated carbocycles. The molecule has 7 heteroatoms. The molecule has 0 radical (unpaired) electrons. The molecule has 3 aliphatic rings. The van der Waals surface area contributed by atoms with Crippen LogP contribution in [0.25, 0.3) is 16.7 Å². The minimum absolute atomic E-state index is 0.0474. The number of fused-ring (bicyclic) bond motifs is 2. The van der Waals surface area contributed by atoms with Crippen molar-refractivity contribution >= 4 is 23.1 Å². The second kappa shape index (κ2) is 10.9. The van der Waals surface area contributed by atoms with Crippen LogP contribution in [-0.2, 0) is 16.0 Å². The smallest absolute Gasteiger partial charge is 0.384 e. The normalized spacial score (nSPS) is 18.8. The summed E-state index contributed by atoms with van der Waals surface area (Å²) in [7, 11) is 0. The highest BCUT2D eigenvalue weighted by Gasteiger charge is 2.41. The molecule has 6 rings (SSSR count). The summed E-state index contributed by atoms with van der Waals surface area (Å²) >= 11 is 0. The molecule has 2 N–H and O–H groups in total. The van der Waals surface area contributed by atoms with E-state index in [0.29, 0.717) is 36.2 Å². The molecule has 3 aliphatic heterocycles. The molecule has 1 fully saturated rings. The Bertz CT molecular complexity index is 1430. The Morgan fingerprint density at radius 3 is 2.44 bits per heavy atom. The summed E-state index contributed by atoms with van der Waals surface area (Å²) in [6.07, 6.45) is 2.96. The van der Waals surface area contributed by atoms with Crippen molar-refractivity contribution in [2.24, 2.45) is 5.92 Å². The largest absolute Gasteiger partial charge is 0.480 e. The van der Waals surface area contributed by atoms with E-state index in [9.17, 15) is 15.0 Å². The molecule has 0 spiro atoms. The van der Waals surface area contributed by atoms with Crippen molar-refractivity contribution in [1.82, 2.24) is 4.90 Å². The number of hydrogen-bond donors (Lipinski definition) is 2. The van der Waals surface area contributed by atoms with Crippen molar-refractivity contribution in [3.63, 3.8) is 0 Å². The molecular formula is C32H33N2O5+. The zero-order valence-corrected chi connectivity index (χ0v) is 21.9. The minimum Gasteiger partial charge on any atom is -0.480 e. The van der Waals surface area contributed by atoms with Crippen LogP contribution in [0.5, 0.6) is 0 Å². The summed E-state index contributed by atoms with van der Waals surface area (Å²) in [6, 6.07) is 23.3. The van der Waals surface area contributed by atoms with E-state index in [1.54, 1.807) is 12.1 Å². The molecule has 200 valence electrons. The lowest BCUT2D eigenvalue weighted by molar-refractivity contribution is -0.456. The number of likely N-dealkylation sites (tertiary alicyclic amines) is 1. The van der Waals surface area contributed by atoms with Gasteiger partial charge in [0.25, 0.3) is 5.95 Å². The van der Waals surface area contributed by atoms with Crippen molar-refractivity contribution in [3.05, 3.63) is 95.4 Å². The van der Waals surface area contributed by atoms with E-state index in [2.05, 4.69) is 27.7 Å². The van der Waals surface area contributed by atoms with Gasteiger partial charge in [0, 0.05) is 19.0 Å². The molecule has 1 saturated heterocycles. The monoisotopic (exact) mass is 525 g/mol. The molecule has 3 aromatic rings. The first kappa shape index (κ1) is 25.2. The first-order chi connectivity index (χ1) is 19.1. The Morgan fingerprint density at radius 2 is 1.67 bits per heavy atom. The number of aliphatic hydroxyl groups excluding tert-OH is 1. The minimum atomic E-state index is -0.915. The number of hydrogen-bond acceptors (Lipinski definition) is 5. The van der Waals surface area contributed by atoms with Crippen molar-refractivity contribution in [2.45, 2.75) is 25.8 Å². The molecule has 3 heterocycles. The number of rotatable bonds is 7. The van der Waals surface area contributed by atoms with Crippen LogP contribution in [0.1, 0.15) is 40.7 Å². The fourth-order valence-electron chi connectivity index (χ4n) is 5.80. The van der Waals surface area contributed by atoms with Crippen molar-refractivity contribution in [2.75, 3.05) is 32.8 Å². The predicted octanol–water partition coefficient (Wildman–Crippen LogP) is 5.68. The number of para-hydroxylation sites is 1. The predicted molar refractivity (Wildman–Crippen MR) is 149 cm³/mol. The third-order valence-corrected chi connectivity index (χ3v) is 7.89. The number of nitrogens with zero attached hydrogens (tertiary/aromatic N) is 2. The Balaban J connectivity index is 1.04. The number of ether oxygens (including phenoxy) is 2. The molecule has 0 amide bonds. The lowest BCUT2D eigenvalue weighted by atomic mass is 9.96. The van der Waals surface area contributed by atoms with Crippen LogP contribution in [0.2, 0.25) is 0 Å². The number of aliphatic hydroxyl groups is 1. The number of carboxylic acids is 1. The van der Waals surface area contributed by atoms with Gasteiger partial charge in [-0.2, -0.15) is 4.58 Å². The molecule has 0 aliphatic carbocycles. The van der Waals surface area contributed by atoms with Crippen LogP contribution < -0.4 is 0 Å². The van der Waals surface area contributed by atoms with Gasteiger partial charge < -0.3 is 19.7 Å². The lowest BCUT2D eigenvalue weighted by Crippen LogP contribution is -2.34. The van der Waals surface area contributed by atoms with E-state index < -0.39 is 5.97 Å². The van der Waals surface area contributed by atoms with E-state index in [4.69, 9.17) is 9.47 Å². The maximum atomic E-state index is 11.6. The molecule has 0 bridgehead atoms. The highest BCUT2D eigenvalue weighted by molar-refractivity contribution is 6.21. The standard InChI is InChI=1S/C32H32N2O5/c35-31(36)26-7-2-1-6-25(26)24-12-10-22(11-13-24)20-33-17-14-23(15-18-33)21-39-32(37)29-27-8-3-4-9-28(27)34-16-5-19-38-30(29)34/h1-4,6-13,23H,5,14-21H2,(H,35,36)/p+1. The number of carbonyl (C=O) groups is 1. The molecule has 0 aromatic heterocycles. The zero-order valence-electron chi connectivity index (χ0n) is 21.9. The Kier molecular flexibility index (Phi) is 7.07. The highest BCUT2D eigenvalue weighted by atomic mass is 16.6. The summed E-state index contributed by atoms with van der Waals surface area (Å²) in [4.78, 5) is 14.0. The van der Waals surface area contributed by atoms with Gasteiger partial charge in [0.2, 0.25) is 5.69 Å². The second-order valence-electron chi connectivity index (χ2n) is 10.4. The summed E-state index contributed by atoms with van der Waals surface area (Å²) in [5.41, 5.74) is 5.85. The van der Waals surface area contributed by atoms with Gasteiger partial charge >= 0.3 is 11.9 Å². The number of piperidine rings is 1. The third-order valence-electron chi connectivity index (χ3n) is 7.89. The third kappa shape index (κ3) is 5.14. The van der Waals surface area contributed by atoms with Crippen molar-refractivity contribution < 1.29 is 29.1 Å². The highest BCUT2D eigenvalue weighted by Crippen LogP contribution is 2.38. The second-order valence-corrected chi connectivity index (χ2v) is 10.4. The maximum absolute atomic E-state index is 11.6. The Morgan fingerprint density at radius 1 is 0.949 bits per heavy atom. The molecule has 3 aromatic carbocycles. The van der Waals surface area contributed by atoms with Crippen LogP contribution in [0.15, 0.2) is 78.7 Å². The van der Waals surface area contributed by atoms with Crippen LogP contribution in [0, 0.1) is 5.92 Å². The van der Waals surface area contributed by atoms with Gasteiger partial charge in [-0.3, -0.25) is 4.90 Å². The van der Waals surface area contributed by atoms with Gasteiger partial charge in [-0.15, -0.1) is 0 Å². The Hall–Kier alpha value is -4.10. The maximum Gasteiger partial charge on any atom is 0.384 e. The van der Waals surface area contributed by atoms with Gasteiger partial charge in [-0.25, -0.2) is 4.79 Å². The molecule has 0 atom stereocenters. The van der Waals surface area contributed by atoms with E-state index in [-0.39, 0.29) is 5.95 Å². The van der Waals surface area contributed by atoms with Gasteiger partial charge in [0.1, 0.15) is 6.61 Å². The fourth-order valence-corrected chi connectivity index (χ4v) is 5.80. The summed E-state index contributed by atoms with van der Waals surface area (Å²) < 4.78 is 14.0. The first-order valence-electron chi connectivity index (χ1n) is 13.7. The van der Waals surface area contributed by atoms with Crippen LogP contribution >= 0.6 is 0 Å². The van der Waals surface area contributed by atoms with Gasteiger partial charge in [0.15, 0.2) is 12.1 Å². The van der Waals surface area contributed by atoms with Gasteiger partial charge in [-0.1, -0.05) is 54.6 Å². The summed E-state index contributed by atoms with van der Waals surface area (Å²) in [5, 5.41) is 20.4. The first-order valence-corrected chi connectivity index (χ1v) is 13.7. The van der Waals surface area contributed by atoms with Crippen LogP contribution in [0.4, 0.5) is 5.69 Å². The Labute approximate surface area is 228 Å². The summed E-state index contributed by atoms with van der Waals surface area (Å²) in [5.74, 6) is 0.118. The van der Waals surface area contributed by atoms with E-state index in [1.807, 2.05) is 42.5 Å². The van der Waals surface area contributed by atoms with E-state index in [0.717, 1.165) is 67.8 Å². The molecule has 0 unspecified atom stereocenters. The number of aromatic carboxylic acids is 1. The number of carboxylic acid groups (broad SMARTS) is 1. The van der Waals surface area contributed by atoms with E-state index >= 15 is 0 Å².